The third-order valence-corrected chi connectivity index (χ3v) is 7.76. The Balaban J connectivity index is 1.89. The lowest BCUT2D eigenvalue weighted by Gasteiger charge is -2.48. The first-order valence-corrected chi connectivity index (χ1v) is 13.4. The lowest BCUT2D eigenvalue weighted by atomic mass is 9.74. The van der Waals surface area contributed by atoms with Gasteiger partial charge in [-0.3, -0.25) is 9.80 Å². The summed E-state index contributed by atoms with van der Waals surface area (Å²) in [6, 6.07) is 0.992. The molecule has 0 saturated heterocycles. The number of fused-ring (bicyclic) bond motifs is 1. The summed E-state index contributed by atoms with van der Waals surface area (Å²) < 4.78 is 133. The molecule has 2 amide bonds. The maximum Gasteiger partial charge on any atom is 0.416 e. The van der Waals surface area contributed by atoms with E-state index in [-0.39, 0.29) is 29.7 Å². The topological polar surface area (TPSA) is 79.3 Å². The van der Waals surface area contributed by atoms with E-state index in [1.165, 1.54) is 0 Å². The van der Waals surface area contributed by atoms with Gasteiger partial charge >= 0.3 is 30.7 Å². The van der Waals surface area contributed by atoms with Crippen molar-refractivity contribution in [1.29, 1.82) is 0 Å². The SMILES string of the molecule is COC(=O)N(Cc1cc(C(F)(F)F)cc(C(F)(F)F)c1)[C@H]1C[C@@H](C2CCC2)N(C(=O)OCCO)c2ccc(C(F)(F)F)cc21. The number of hydrogen-bond acceptors (Lipinski definition) is 5. The van der Waals surface area contributed by atoms with E-state index in [4.69, 9.17) is 14.6 Å². The van der Waals surface area contributed by atoms with Gasteiger partial charge in [-0.25, -0.2) is 9.59 Å². The van der Waals surface area contributed by atoms with Gasteiger partial charge in [0.05, 0.1) is 42.1 Å². The Morgan fingerprint density at radius 2 is 1.50 bits per heavy atom. The molecule has 0 radical (unpaired) electrons. The van der Waals surface area contributed by atoms with Crippen LogP contribution in [0.2, 0.25) is 0 Å². The van der Waals surface area contributed by atoms with Gasteiger partial charge in [-0.2, -0.15) is 39.5 Å². The van der Waals surface area contributed by atoms with Gasteiger partial charge in [0.1, 0.15) is 6.61 Å². The number of alkyl halides is 9. The number of ether oxygens (including phenoxy) is 2. The summed E-state index contributed by atoms with van der Waals surface area (Å²) in [5, 5.41) is 9.13. The summed E-state index contributed by atoms with van der Waals surface area (Å²) >= 11 is 0. The van der Waals surface area contributed by atoms with Crippen LogP contribution in [0.4, 0.5) is 54.8 Å². The summed E-state index contributed by atoms with van der Waals surface area (Å²) in [6.45, 7) is -1.85. The molecular weight excluding hydrogens is 615 g/mol. The lowest BCUT2D eigenvalue weighted by molar-refractivity contribution is -0.143. The molecule has 16 heteroatoms. The van der Waals surface area contributed by atoms with Crippen LogP contribution in [0.1, 0.15) is 59.5 Å². The minimum atomic E-state index is -5.18. The molecule has 0 unspecified atom stereocenters. The summed E-state index contributed by atoms with van der Waals surface area (Å²) in [5.74, 6) is -0.209. The molecule has 2 atom stereocenters. The second kappa shape index (κ2) is 12.4. The molecular formula is C28H27F9N2O5. The van der Waals surface area contributed by atoms with Gasteiger partial charge in [0.25, 0.3) is 0 Å². The second-order valence-electron chi connectivity index (χ2n) is 10.5. The van der Waals surface area contributed by atoms with Crippen LogP contribution in [-0.4, -0.2) is 48.6 Å². The molecule has 1 aliphatic carbocycles. The summed E-state index contributed by atoms with van der Waals surface area (Å²) in [5.41, 5.74) is -5.39. The number of methoxy groups -OCH3 is 1. The fraction of sp³-hybridized carbons (Fsp3) is 0.500. The fourth-order valence-electron chi connectivity index (χ4n) is 5.54. The number of benzene rings is 2. The largest absolute Gasteiger partial charge is 0.453 e. The smallest absolute Gasteiger partial charge is 0.416 e. The molecule has 242 valence electrons. The van der Waals surface area contributed by atoms with Gasteiger partial charge in [-0.1, -0.05) is 6.42 Å². The van der Waals surface area contributed by atoms with Gasteiger partial charge < -0.3 is 14.6 Å². The number of anilines is 1. The van der Waals surface area contributed by atoms with E-state index in [2.05, 4.69) is 0 Å². The molecule has 1 aliphatic heterocycles. The van der Waals surface area contributed by atoms with Crippen LogP contribution in [-0.2, 0) is 34.5 Å². The number of aliphatic hydroxyl groups excluding tert-OH is 1. The highest BCUT2D eigenvalue weighted by Gasteiger charge is 2.46. The van der Waals surface area contributed by atoms with Crippen molar-refractivity contribution in [3.8, 4) is 0 Å². The molecule has 2 aromatic rings. The average molecular weight is 643 g/mol. The molecule has 1 saturated carbocycles. The average Bonchev–Trinajstić information content (AvgIpc) is 2.91. The molecule has 1 heterocycles. The number of amides is 2. The highest BCUT2D eigenvalue weighted by atomic mass is 19.4. The summed E-state index contributed by atoms with van der Waals surface area (Å²) in [6.07, 6.45) is -15.7. The zero-order chi connectivity index (χ0) is 32.6. The zero-order valence-electron chi connectivity index (χ0n) is 23.0. The minimum Gasteiger partial charge on any atom is -0.453 e. The van der Waals surface area contributed by atoms with Crippen molar-refractivity contribution in [3.05, 3.63) is 64.2 Å². The van der Waals surface area contributed by atoms with Crippen molar-refractivity contribution < 1.29 is 63.7 Å². The fourth-order valence-corrected chi connectivity index (χ4v) is 5.54. The molecule has 0 bridgehead atoms. The van der Waals surface area contributed by atoms with Gasteiger partial charge in [-0.15, -0.1) is 0 Å². The summed E-state index contributed by atoms with van der Waals surface area (Å²) in [7, 11) is 0.903. The first-order chi connectivity index (χ1) is 20.5. The van der Waals surface area contributed by atoms with Crippen molar-refractivity contribution in [2.24, 2.45) is 5.92 Å². The van der Waals surface area contributed by atoms with Crippen LogP contribution in [0.5, 0.6) is 0 Å². The van der Waals surface area contributed by atoms with Crippen molar-refractivity contribution >= 4 is 17.9 Å². The molecule has 0 spiro atoms. The number of halogens is 9. The van der Waals surface area contributed by atoms with E-state index in [1.54, 1.807) is 0 Å². The first-order valence-electron chi connectivity index (χ1n) is 13.4. The molecule has 44 heavy (non-hydrogen) atoms. The number of carbonyl (C=O) groups excluding carboxylic acids is 2. The number of nitrogens with zero attached hydrogens (tertiary/aromatic N) is 2. The number of aliphatic hydroxyl groups is 1. The van der Waals surface area contributed by atoms with Gasteiger partial charge in [0, 0.05) is 12.6 Å². The molecule has 1 fully saturated rings. The van der Waals surface area contributed by atoms with E-state index < -0.39 is 84.8 Å². The zero-order valence-corrected chi connectivity index (χ0v) is 23.0. The maximum atomic E-state index is 13.8. The molecule has 1 N–H and O–H groups in total. The van der Waals surface area contributed by atoms with Crippen LogP contribution < -0.4 is 4.90 Å². The second-order valence-corrected chi connectivity index (χ2v) is 10.5. The Labute approximate surface area is 245 Å². The Bertz CT molecular complexity index is 1340. The number of rotatable bonds is 6. The van der Waals surface area contributed by atoms with Crippen molar-refractivity contribution in [2.75, 3.05) is 25.2 Å². The minimum absolute atomic E-state index is 0.0833. The number of hydrogen-bond donors (Lipinski definition) is 1. The monoisotopic (exact) mass is 642 g/mol. The quantitative estimate of drug-likeness (QED) is 0.329. The van der Waals surface area contributed by atoms with Crippen LogP contribution in [0.15, 0.2) is 36.4 Å². The third kappa shape index (κ3) is 7.00. The van der Waals surface area contributed by atoms with E-state index in [0.29, 0.717) is 37.1 Å². The number of carbonyl (C=O) groups is 2. The summed E-state index contributed by atoms with van der Waals surface area (Å²) in [4.78, 5) is 28.1. The van der Waals surface area contributed by atoms with E-state index in [1.807, 2.05) is 0 Å². The Morgan fingerprint density at radius 1 is 0.909 bits per heavy atom. The molecule has 0 aromatic heterocycles. The van der Waals surface area contributed by atoms with Crippen LogP contribution in [0.25, 0.3) is 0 Å². The maximum absolute atomic E-state index is 13.8. The lowest BCUT2D eigenvalue weighted by Crippen LogP contribution is -2.53. The molecule has 2 aromatic carbocycles. The van der Waals surface area contributed by atoms with Crippen molar-refractivity contribution in [2.45, 2.75) is 62.8 Å². The van der Waals surface area contributed by atoms with Crippen molar-refractivity contribution in [1.82, 2.24) is 4.90 Å². The van der Waals surface area contributed by atoms with Crippen LogP contribution >= 0.6 is 0 Å². The highest BCUT2D eigenvalue weighted by molar-refractivity contribution is 5.91. The predicted molar refractivity (Wildman–Crippen MR) is 135 cm³/mol. The highest BCUT2D eigenvalue weighted by Crippen LogP contribution is 2.49. The molecule has 7 nitrogen and oxygen atoms in total. The van der Waals surface area contributed by atoms with E-state index in [9.17, 15) is 49.1 Å². The first kappa shape index (κ1) is 33.2. The van der Waals surface area contributed by atoms with Gasteiger partial charge in [0.2, 0.25) is 0 Å². The van der Waals surface area contributed by atoms with Gasteiger partial charge in [0.15, 0.2) is 0 Å². The standard InChI is InChI=1S/C28H27F9N2O5/c1-43-24(41)38(14-15-9-18(27(32,33)34)11-19(10-15)28(35,36)37)23-13-22(16-3-2-4-16)39(25(42)44-8-7-40)21-6-5-17(12-20(21)23)26(29,30)31/h5-6,9-12,16,22-23,40H,2-4,7-8,13-14H2,1H3/t22-,23-/m0/s1. The third-order valence-electron chi connectivity index (χ3n) is 7.76. The van der Waals surface area contributed by atoms with Crippen LogP contribution in [0, 0.1) is 5.92 Å². The normalized spacial score (nSPS) is 19.2. The Morgan fingerprint density at radius 3 is 1.98 bits per heavy atom. The van der Waals surface area contributed by atoms with E-state index in [0.717, 1.165) is 29.4 Å². The Kier molecular flexibility index (Phi) is 9.33. The molecule has 4 rings (SSSR count). The van der Waals surface area contributed by atoms with E-state index >= 15 is 0 Å². The van der Waals surface area contributed by atoms with Crippen LogP contribution in [0.3, 0.4) is 0 Å². The van der Waals surface area contributed by atoms with Gasteiger partial charge in [-0.05, 0) is 72.7 Å². The Hall–Kier alpha value is -3.69. The predicted octanol–water partition coefficient (Wildman–Crippen LogP) is 7.56. The van der Waals surface area contributed by atoms with Crippen molar-refractivity contribution in [3.63, 3.8) is 0 Å². The molecule has 2 aliphatic rings.